The molecule has 1 aromatic rings. The van der Waals surface area contributed by atoms with E-state index in [1.54, 1.807) is 6.07 Å². The van der Waals surface area contributed by atoms with Gasteiger partial charge in [-0.05, 0) is 25.0 Å². The maximum Gasteiger partial charge on any atom is 0.129 e. The third-order valence-electron chi connectivity index (χ3n) is 2.70. The summed E-state index contributed by atoms with van der Waals surface area (Å²) < 4.78 is 14.5. The number of benzene rings is 1. The summed E-state index contributed by atoms with van der Waals surface area (Å²) in [4.78, 5) is 0. The summed E-state index contributed by atoms with van der Waals surface area (Å²) in [7, 11) is 0. The number of terminal acetylenes is 1. The van der Waals surface area contributed by atoms with Gasteiger partial charge < -0.3 is 0 Å². The second-order valence-electron chi connectivity index (χ2n) is 4.44. The van der Waals surface area contributed by atoms with Crippen molar-refractivity contribution in [3.8, 4) is 12.3 Å². The smallest absolute Gasteiger partial charge is 0.129 e. The maximum absolute atomic E-state index is 13.7. The van der Waals surface area contributed by atoms with Crippen molar-refractivity contribution in [1.82, 2.24) is 5.32 Å². The van der Waals surface area contributed by atoms with E-state index in [0.717, 1.165) is 4.47 Å². The molecule has 0 spiro atoms. The first-order chi connectivity index (χ1) is 7.95. The molecule has 1 aromatic carbocycles. The predicted octanol–water partition coefficient (Wildman–Crippen LogP) is 3.90. The fourth-order valence-electron chi connectivity index (χ4n) is 1.64. The molecule has 0 aromatic heterocycles. The molecule has 1 N–H and O–H groups in total. The number of rotatable bonds is 4. The lowest BCUT2D eigenvalue weighted by atomic mass is 10.0. The molecule has 0 fully saturated rings. The Morgan fingerprint density at radius 3 is 2.47 bits per heavy atom. The van der Waals surface area contributed by atoms with Crippen LogP contribution in [0.2, 0.25) is 0 Å². The molecule has 92 valence electrons. The van der Waals surface area contributed by atoms with Crippen molar-refractivity contribution in [2.24, 2.45) is 5.92 Å². The first kappa shape index (κ1) is 14.2. The van der Waals surface area contributed by atoms with Crippen molar-refractivity contribution >= 4 is 15.9 Å². The van der Waals surface area contributed by atoms with Crippen molar-refractivity contribution in [3.63, 3.8) is 0 Å². The van der Waals surface area contributed by atoms with E-state index in [1.165, 1.54) is 6.07 Å². The number of hydrogen-bond acceptors (Lipinski definition) is 1. The topological polar surface area (TPSA) is 12.0 Å². The molecule has 0 bridgehead atoms. The molecule has 3 heteroatoms. The van der Waals surface area contributed by atoms with Gasteiger partial charge in [-0.15, -0.1) is 6.42 Å². The van der Waals surface area contributed by atoms with E-state index in [0.29, 0.717) is 11.5 Å². The summed E-state index contributed by atoms with van der Waals surface area (Å²) in [6.07, 6.45) is 5.45. The first-order valence-electron chi connectivity index (χ1n) is 5.62. The Morgan fingerprint density at radius 2 is 2.00 bits per heavy atom. The normalized spacial score (nSPS) is 14.4. The third-order valence-corrected chi connectivity index (χ3v) is 3.20. The SMILES string of the molecule is C#CC(NC(C)c1ccc(Br)cc1F)C(C)C. The van der Waals surface area contributed by atoms with Gasteiger partial charge in [0.1, 0.15) is 5.82 Å². The second-order valence-corrected chi connectivity index (χ2v) is 5.36. The van der Waals surface area contributed by atoms with Crippen molar-refractivity contribution in [3.05, 3.63) is 34.1 Å². The van der Waals surface area contributed by atoms with Crippen molar-refractivity contribution in [2.75, 3.05) is 0 Å². The highest BCUT2D eigenvalue weighted by Gasteiger charge is 2.16. The van der Waals surface area contributed by atoms with Crippen LogP contribution in [0.25, 0.3) is 0 Å². The molecular formula is C14H17BrFN. The summed E-state index contributed by atoms with van der Waals surface area (Å²) in [5.74, 6) is 2.79. The lowest BCUT2D eigenvalue weighted by Crippen LogP contribution is -2.34. The van der Waals surface area contributed by atoms with Crippen LogP contribution in [0.4, 0.5) is 4.39 Å². The summed E-state index contributed by atoms with van der Waals surface area (Å²) in [5, 5.41) is 3.25. The Bertz CT molecular complexity index is 423. The minimum absolute atomic E-state index is 0.0481. The van der Waals surface area contributed by atoms with Crippen LogP contribution in [-0.2, 0) is 0 Å². The Labute approximate surface area is 111 Å². The van der Waals surface area contributed by atoms with E-state index < -0.39 is 0 Å². The van der Waals surface area contributed by atoms with Gasteiger partial charge in [0, 0.05) is 16.1 Å². The van der Waals surface area contributed by atoms with Crippen molar-refractivity contribution in [1.29, 1.82) is 0 Å². The average Bonchev–Trinajstić information content (AvgIpc) is 2.24. The molecule has 0 saturated heterocycles. The predicted molar refractivity (Wildman–Crippen MR) is 73.1 cm³/mol. The van der Waals surface area contributed by atoms with Crippen molar-refractivity contribution in [2.45, 2.75) is 32.9 Å². The molecule has 2 unspecified atom stereocenters. The molecule has 1 rings (SSSR count). The molecule has 0 aliphatic rings. The van der Waals surface area contributed by atoms with Crippen LogP contribution in [-0.4, -0.2) is 6.04 Å². The quantitative estimate of drug-likeness (QED) is 0.831. The highest BCUT2D eigenvalue weighted by molar-refractivity contribution is 9.10. The summed E-state index contributed by atoms with van der Waals surface area (Å²) in [5.41, 5.74) is 0.633. The molecule has 0 radical (unpaired) electrons. The summed E-state index contributed by atoms with van der Waals surface area (Å²) in [6.45, 7) is 6.00. The van der Waals surface area contributed by atoms with Crippen LogP contribution >= 0.6 is 15.9 Å². The molecule has 17 heavy (non-hydrogen) atoms. The average molecular weight is 298 g/mol. The van der Waals surface area contributed by atoms with Gasteiger partial charge in [-0.2, -0.15) is 0 Å². The minimum Gasteiger partial charge on any atom is -0.297 e. The van der Waals surface area contributed by atoms with E-state index in [-0.39, 0.29) is 17.9 Å². The Kier molecular flexibility index (Phi) is 5.17. The Balaban J connectivity index is 2.83. The lowest BCUT2D eigenvalue weighted by molar-refractivity contribution is 0.422. The number of halogens is 2. The minimum atomic E-state index is -0.223. The zero-order valence-corrected chi connectivity index (χ0v) is 11.9. The number of hydrogen-bond donors (Lipinski definition) is 1. The second kappa shape index (κ2) is 6.18. The molecular weight excluding hydrogens is 281 g/mol. The molecule has 0 heterocycles. The van der Waals surface area contributed by atoms with Crippen LogP contribution in [0.15, 0.2) is 22.7 Å². The van der Waals surface area contributed by atoms with Crippen molar-refractivity contribution < 1.29 is 4.39 Å². The summed E-state index contributed by atoms with van der Waals surface area (Å²) in [6, 6.07) is 4.91. The van der Waals surface area contributed by atoms with Crippen LogP contribution < -0.4 is 5.32 Å². The van der Waals surface area contributed by atoms with Gasteiger partial charge >= 0.3 is 0 Å². The zero-order valence-electron chi connectivity index (χ0n) is 10.3. The molecule has 0 saturated carbocycles. The van der Waals surface area contributed by atoms with Crippen LogP contribution in [0.3, 0.4) is 0 Å². The highest BCUT2D eigenvalue weighted by atomic mass is 79.9. The monoisotopic (exact) mass is 297 g/mol. The van der Waals surface area contributed by atoms with E-state index in [1.807, 2.05) is 26.8 Å². The van der Waals surface area contributed by atoms with Gasteiger partial charge in [0.2, 0.25) is 0 Å². The van der Waals surface area contributed by atoms with Gasteiger partial charge in [-0.1, -0.05) is 41.8 Å². The van der Waals surface area contributed by atoms with E-state index in [9.17, 15) is 4.39 Å². The molecule has 0 aliphatic carbocycles. The van der Waals surface area contributed by atoms with Gasteiger partial charge in [0.15, 0.2) is 0 Å². The molecule has 2 atom stereocenters. The zero-order chi connectivity index (χ0) is 13.0. The van der Waals surface area contributed by atoms with Gasteiger partial charge in [0.05, 0.1) is 6.04 Å². The molecule has 0 aliphatic heterocycles. The van der Waals surface area contributed by atoms with E-state index in [4.69, 9.17) is 6.42 Å². The third kappa shape index (κ3) is 3.83. The standard InChI is InChI=1S/C14H17BrFN/c1-5-14(9(2)3)17-10(4)12-7-6-11(15)8-13(12)16/h1,6-10,14,17H,2-4H3. The first-order valence-corrected chi connectivity index (χ1v) is 6.42. The largest absolute Gasteiger partial charge is 0.297 e. The van der Waals surface area contributed by atoms with Crippen LogP contribution in [0.1, 0.15) is 32.4 Å². The fourth-order valence-corrected chi connectivity index (χ4v) is 1.98. The van der Waals surface area contributed by atoms with Crippen LogP contribution in [0, 0.1) is 24.1 Å². The number of nitrogens with one attached hydrogen (secondary N) is 1. The maximum atomic E-state index is 13.7. The Hall–Kier alpha value is -0.850. The van der Waals surface area contributed by atoms with E-state index >= 15 is 0 Å². The lowest BCUT2D eigenvalue weighted by Gasteiger charge is -2.22. The van der Waals surface area contributed by atoms with Crippen LogP contribution in [0.5, 0.6) is 0 Å². The Morgan fingerprint density at radius 1 is 1.35 bits per heavy atom. The van der Waals surface area contributed by atoms with Gasteiger partial charge in [-0.3, -0.25) is 5.32 Å². The highest BCUT2D eigenvalue weighted by Crippen LogP contribution is 2.21. The van der Waals surface area contributed by atoms with Gasteiger partial charge in [-0.25, -0.2) is 4.39 Å². The van der Waals surface area contributed by atoms with E-state index in [2.05, 4.69) is 27.2 Å². The molecule has 0 amide bonds. The molecule has 1 nitrogen and oxygen atoms in total. The summed E-state index contributed by atoms with van der Waals surface area (Å²) >= 11 is 3.24. The fraction of sp³-hybridized carbons (Fsp3) is 0.429. The van der Waals surface area contributed by atoms with Gasteiger partial charge in [0.25, 0.3) is 0 Å².